The van der Waals surface area contributed by atoms with Gasteiger partial charge in [0.25, 0.3) is 0 Å². The lowest BCUT2D eigenvalue weighted by Gasteiger charge is -2.09. The van der Waals surface area contributed by atoms with Crippen molar-refractivity contribution in [2.45, 2.75) is 13.3 Å². The van der Waals surface area contributed by atoms with E-state index in [0.717, 1.165) is 22.8 Å². The lowest BCUT2D eigenvalue weighted by atomic mass is 10.2. The molecule has 2 aromatic carbocycles. The number of amides is 2. The summed E-state index contributed by atoms with van der Waals surface area (Å²) in [6.45, 7) is 1.76. The lowest BCUT2D eigenvalue weighted by Crippen LogP contribution is -2.15. The number of carbonyl (C=O) groups is 2. The highest BCUT2D eigenvalue weighted by Crippen LogP contribution is 2.19. The fourth-order valence-corrected chi connectivity index (χ4v) is 2.53. The molecule has 1 aromatic heterocycles. The minimum atomic E-state index is -0.164. The first-order chi connectivity index (χ1) is 14.1. The number of benzene rings is 2. The van der Waals surface area contributed by atoms with E-state index in [9.17, 15) is 9.59 Å². The fraction of sp³-hybridized carbons (Fsp3) is 0.136. The van der Waals surface area contributed by atoms with E-state index in [1.165, 1.54) is 6.92 Å². The zero-order chi connectivity index (χ0) is 20.5. The van der Waals surface area contributed by atoms with E-state index < -0.39 is 0 Å². The fourth-order valence-electron chi connectivity index (χ4n) is 2.53. The van der Waals surface area contributed by atoms with Gasteiger partial charge < -0.3 is 20.7 Å². The van der Waals surface area contributed by atoms with Crippen molar-refractivity contribution >= 4 is 34.7 Å². The van der Waals surface area contributed by atoms with Gasteiger partial charge in [-0.2, -0.15) is 0 Å². The Morgan fingerprint density at radius 2 is 1.55 bits per heavy atom. The van der Waals surface area contributed by atoms with E-state index >= 15 is 0 Å². The number of hydrogen-bond acceptors (Lipinski definition) is 5. The minimum Gasteiger partial charge on any atom is -0.493 e. The van der Waals surface area contributed by atoms with Crippen LogP contribution in [0.2, 0.25) is 0 Å². The van der Waals surface area contributed by atoms with Crippen LogP contribution in [0, 0.1) is 0 Å². The van der Waals surface area contributed by atoms with Gasteiger partial charge >= 0.3 is 0 Å². The molecule has 0 radical (unpaired) electrons. The number of aromatic nitrogens is 1. The average Bonchev–Trinajstić information content (AvgIpc) is 2.71. The van der Waals surface area contributed by atoms with E-state index in [1.807, 2.05) is 60.7 Å². The molecule has 2 amide bonds. The van der Waals surface area contributed by atoms with Crippen LogP contribution in [0.1, 0.15) is 13.3 Å². The van der Waals surface area contributed by atoms with Crippen molar-refractivity contribution in [3.05, 3.63) is 72.9 Å². The maximum atomic E-state index is 12.0. The van der Waals surface area contributed by atoms with Gasteiger partial charge in [-0.05, 0) is 48.5 Å². The Balaban J connectivity index is 1.45. The standard InChI is InChI=1S/C22H22N4O3/c1-16(27)24-17-7-9-18(10-8-17)25-19-11-12-21(23-15-19)26-22(28)13-14-29-20-5-3-2-4-6-20/h2-12,15,25H,13-14H2,1H3,(H,24,27)(H,23,26,28). The SMILES string of the molecule is CC(=O)Nc1ccc(Nc2ccc(NC(=O)CCOc3ccccc3)nc2)cc1. The third-order valence-electron chi connectivity index (χ3n) is 3.87. The quantitative estimate of drug-likeness (QED) is 0.536. The van der Waals surface area contributed by atoms with Gasteiger partial charge in [0.1, 0.15) is 11.6 Å². The number of ether oxygens (including phenoxy) is 1. The molecule has 0 aliphatic carbocycles. The zero-order valence-electron chi connectivity index (χ0n) is 16.0. The molecule has 1 heterocycles. The first-order valence-corrected chi connectivity index (χ1v) is 9.17. The predicted molar refractivity (Wildman–Crippen MR) is 113 cm³/mol. The summed E-state index contributed by atoms with van der Waals surface area (Å²) in [5.41, 5.74) is 2.37. The van der Waals surface area contributed by atoms with Gasteiger partial charge in [-0.25, -0.2) is 4.98 Å². The Morgan fingerprint density at radius 1 is 0.862 bits per heavy atom. The lowest BCUT2D eigenvalue weighted by molar-refractivity contribution is -0.116. The number of nitrogens with one attached hydrogen (secondary N) is 3. The van der Waals surface area contributed by atoms with Crippen LogP contribution in [0.25, 0.3) is 0 Å². The second-order valence-corrected chi connectivity index (χ2v) is 6.28. The van der Waals surface area contributed by atoms with Gasteiger partial charge in [-0.3, -0.25) is 9.59 Å². The van der Waals surface area contributed by atoms with Gasteiger partial charge in [0, 0.05) is 18.3 Å². The molecule has 0 unspecified atom stereocenters. The molecule has 3 rings (SSSR count). The van der Waals surface area contributed by atoms with Crippen LogP contribution < -0.4 is 20.7 Å². The summed E-state index contributed by atoms with van der Waals surface area (Å²) < 4.78 is 5.51. The van der Waals surface area contributed by atoms with Crippen LogP contribution in [0.4, 0.5) is 22.9 Å². The van der Waals surface area contributed by atoms with Crippen LogP contribution in [-0.2, 0) is 9.59 Å². The molecule has 148 valence electrons. The molecule has 0 aliphatic rings. The van der Waals surface area contributed by atoms with Crippen molar-refractivity contribution in [1.82, 2.24) is 4.98 Å². The summed E-state index contributed by atoms with van der Waals surface area (Å²) in [4.78, 5) is 27.3. The van der Waals surface area contributed by atoms with Gasteiger partial charge in [0.2, 0.25) is 11.8 Å². The number of hydrogen-bond donors (Lipinski definition) is 3. The number of anilines is 4. The maximum Gasteiger partial charge on any atom is 0.228 e. The Bertz CT molecular complexity index is 942. The maximum absolute atomic E-state index is 12.0. The summed E-state index contributed by atoms with van der Waals surface area (Å²) in [5, 5.41) is 8.67. The number of nitrogens with zero attached hydrogens (tertiary/aromatic N) is 1. The highest BCUT2D eigenvalue weighted by molar-refractivity contribution is 5.90. The third-order valence-corrected chi connectivity index (χ3v) is 3.87. The Hall–Kier alpha value is -3.87. The monoisotopic (exact) mass is 390 g/mol. The second-order valence-electron chi connectivity index (χ2n) is 6.28. The van der Waals surface area contributed by atoms with E-state index in [4.69, 9.17) is 4.74 Å². The van der Waals surface area contributed by atoms with Crippen molar-refractivity contribution in [3.63, 3.8) is 0 Å². The summed E-state index contributed by atoms with van der Waals surface area (Å²) in [6, 6.07) is 20.2. The van der Waals surface area contributed by atoms with Crippen LogP contribution >= 0.6 is 0 Å². The summed E-state index contributed by atoms with van der Waals surface area (Å²) >= 11 is 0. The highest BCUT2D eigenvalue weighted by Gasteiger charge is 2.05. The van der Waals surface area contributed by atoms with Crippen molar-refractivity contribution in [2.75, 3.05) is 22.6 Å². The molecule has 3 aromatic rings. The van der Waals surface area contributed by atoms with Gasteiger partial charge in [0.05, 0.1) is 24.9 Å². The molecular formula is C22H22N4O3. The van der Waals surface area contributed by atoms with Crippen LogP contribution in [0.15, 0.2) is 72.9 Å². The molecule has 0 atom stereocenters. The van der Waals surface area contributed by atoms with Crippen LogP contribution in [-0.4, -0.2) is 23.4 Å². The molecule has 3 N–H and O–H groups in total. The molecule has 7 nitrogen and oxygen atoms in total. The largest absolute Gasteiger partial charge is 0.493 e. The van der Waals surface area contributed by atoms with E-state index in [2.05, 4.69) is 20.9 Å². The Labute approximate surface area is 169 Å². The highest BCUT2D eigenvalue weighted by atomic mass is 16.5. The molecule has 0 aliphatic heterocycles. The Morgan fingerprint density at radius 3 is 2.21 bits per heavy atom. The molecule has 0 saturated heterocycles. The first-order valence-electron chi connectivity index (χ1n) is 9.17. The number of pyridine rings is 1. The molecule has 0 saturated carbocycles. The molecule has 0 spiro atoms. The second kappa shape index (κ2) is 9.89. The molecule has 7 heteroatoms. The number of rotatable bonds is 8. The smallest absolute Gasteiger partial charge is 0.228 e. The van der Waals surface area contributed by atoms with Gasteiger partial charge in [0.15, 0.2) is 0 Å². The van der Waals surface area contributed by atoms with E-state index in [-0.39, 0.29) is 18.2 Å². The molecule has 0 bridgehead atoms. The van der Waals surface area contributed by atoms with E-state index in [0.29, 0.717) is 12.4 Å². The topological polar surface area (TPSA) is 92.4 Å². The predicted octanol–water partition coefficient (Wildman–Crippen LogP) is 4.19. The van der Waals surface area contributed by atoms with Crippen LogP contribution in [0.5, 0.6) is 5.75 Å². The van der Waals surface area contributed by atoms with Gasteiger partial charge in [-0.15, -0.1) is 0 Å². The normalized spacial score (nSPS) is 10.1. The number of carbonyl (C=O) groups excluding carboxylic acids is 2. The summed E-state index contributed by atoms with van der Waals surface area (Å²) in [6.07, 6.45) is 1.87. The molecule has 0 fully saturated rings. The van der Waals surface area contributed by atoms with Crippen molar-refractivity contribution in [3.8, 4) is 5.75 Å². The Kier molecular flexibility index (Phi) is 6.78. The molecule has 29 heavy (non-hydrogen) atoms. The average molecular weight is 390 g/mol. The van der Waals surface area contributed by atoms with Crippen molar-refractivity contribution in [1.29, 1.82) is 0 Å². The minimum absolute atomic E-state index is 0.112. The first kappa shape index (κ1) is 19.9. The van der Waals surface area contributed by atoms with Crippen LogP contribution in [0.3, 0.4) is 0 Å². The number of para-hydroxylation sites is 1. The molecular weight excluding hydrogens is 368 g/mol. The van der Waals surface area contributed by atoms with E-state index in [1.54, 1.807) is 12.3 Å². The summed E-state index contributed by atoms with van der Waals surface area (Å²) in [7, 11) is 0. The third kappa shape index (κ3) is 6.66. The summed E-state index contributed by atoms with van der Waals surface area (Å²) in [5.74, 6) is 0.933. The van der Waals surface area contributed by atoms with Crippen molar-refractivity contribution in [2.24, 2.45) is 0 Å². The van der Waals surface area contributed by atoms with Gasteiger partial charge in [-0.1, -0.05) is 18.2 Å². The van der Waals surface area contributed by atoms with Crippen molar-refractivity contribution < 1.29 is 14.3 Å². The zero-order valence-corrected chi connectivity index (χ0v) is 16.0.